The first kappa shape index (κ1) is 14.0. The van der Waals surface area contributed by atoms with Gasteiger partial charge in [0.1, 0.15) is 5.75 Å². The molecular weight excluding hydrogens is 210 g/mol. The molecular formula is C15H25NO. The zero-order chi connectivity index (χ0) is 12.7. The summed E-state index contributed by atoms with van der Waals surface area (Å²) in [6.07, 6.45) is 2.43. The van der Waals surface area contributed by atoms with Crippen molar-refractivity contribution in [2.75, 3.05) is 13.7 Å². The van der Waals surface area contributed by atoms with E-state index < -0.39 is 0 Å². The van der Waals surface area contributed by atoms with Gasteiger partial charge in [0.15, 0.2) is 0 Å². The van der Waals surface area contributed by atoms with Crippen LogP contribution in [0.2, 0.25) is 0 Å². The van der Waals surface area contributed by atoms with Crippen LogP contribution in [0, 0.1) is 5.92 Å². The number of nitrogens with one attached hydrogen (secondary N) is 1. The van der Waals surface area contributed by atoms with Gasteiger partial charge >= 0.3 is 0 Å². The zero-order valence-electron chi connectivity index (χ0n) is 11.5. The molecule has 2 heteroatoms. The van der Waals surface area contributed by atoms with E-state index in [1.54, 1.807) is 0 Å². The number of benzene rings is 1. The molecule has 0 aliphatic rings. The zero-order valence-corrected chi connectivity index (χ0v) is 11.5. The summed E-state index contributed by atoms with van der Waals surface area (Å²) >= 11 is 0. The summed E-state index contributed by atoms with van der Waals surface area (Å²) in [5.41, 5.74) is 1.34. The SMILES string of the molecule is CCOc1ccc(C(CCC(C)C)NC)cc1. The summed E-state index contributed by atoms with van der Waals surface area (Å²) in [5, 5.41) is 3.38. The van der Waals surface area contributed by atoms with Crippen LogP contribution in [-0.4, -0.2) is 13.7 Å². The Kier molecular flexibility index (Phi) is 6.06. The van der Waals surface area contributed by atoms with Crippen LogP contribution in [0.15, 0.2) is 24.3 Å². The molecule has 1 atom stereocenters. The lowest BCUT2D eigenvalue weighted by atomic mass is 9.98. The minimum Gasteiger partial charge on any atom is -0.494 e. The first-order valence-corrected chi connectivity index (χ1v) is 6.57. The summed E-state index contributed by atoms with van der Waals surface area (Å²) in [6.45, 7) is 7.27. The highest BCUT2D eigenvalue weighted by atomic mass is 16.5. The molecule has 0 bridgehead atoms. The molecule has 0 aliphatic heterocycles. The van der Waals surface area contributed by atoms with Crippen molar-refractivity contribution in [3.63, 3.8) is 0 Å². The molecule has 0 radical (unpaired) electrons. The molecule has 0 heterocycles. The van der Waals surface area contributed by atoms with Crippen LogP contribution >= 0.6 is 0 Å². The second kappa shape index (κ2) is 7.33. The molecule has 1 rings (SSSR count). The molecule has 1 N–H and O–H groups in total. The van der Waals surface area contributed by atoms with E-state index >= 15 is 0 Å². The van der Waals surface area contributed by atoms with Crippen molar-refractivity contribution in [2.45, 2.75) is 39.7 Å². The smallest absolute Gasteiger partial charge is 0.119 e. The Morgan fingerprint density at radius 2 is 1.76 bits per heavy atom. The second-order valence-corrected chi connectivity index (χ2v) is 4.81. The molecule has 96 valence electrons. The summed E-state index contributed by atoms with van der Waals surface area (Å²) in [7, 11) is 2.03. The molecule has 0 aromatic heterocycles. The van der Waals surface area contributed by atoms with Crippen LogP contribution in [0.3, 0.4) is 0 Å². The summed E-state index contributed by atoms with van der Waals surface area (Å²) < 4.78 is 5.45. The maximum absolute atomic E-state index is 5.45. The molecule has 17 heavy (non-hydrogen) atoms. The Hall–Kier alpha value is -1.02. The third-order valence-corrected chi connectivity index (χ3v) is 2.97. The predicted molar refractivity (Wildman–Crippen MR) is 73.5 cm³/mol. The maximum atomic E-state index is 5.45. The van der Waals surface area contributed by atoms with Gasteiger partial charge in [-0.05, 0) is 50.4 Å². The Morgan fingerprint density at radius 3 is 2.24 bits per heavy atom. The molecule has 0 spiro atoms. The van der Waals surface area contributed by atoms with Crippen LogP contribution in [0.5, 0.6) is 5.75 Å². The van der Waals surface area contributed by atoms with Crippen LogP contribution in [0.1, 0.15) is 45.2 Å². The fraction of sp³-hybridized carbons (Fsp3) is 0.600. The maximum Gasteiger partial charge on any atom is 0.119 e. The van der Waals surface area contributed by atoms with Crippen molar-refractivity contribution in [3.8, 4) is 5.75 Å². The van der Waals surface area contributed by atoms with Crippen molar-refractivity contribution >= 4 is 0 Å². The molecule has 1 aromatic carbocycles. The Bertz CT molecular complexity index is 305. The van der Waals surface area contributed by atoms with Gasteiger partial charge < -0.3 is 10.1 Å². The first-order chi connectivity index (χ1) is 8.17. The van der Waals surface area contributed by atoms with E-state index in [2.05, 4.69) is 43.4 Å². The fourth-order valence-corrected chi connectivity index (χ4v) is 1.94. The molecule has 0 amide bonds. The van der Waals surface area contributed by atoms with E-state index in [4.69, 9.17) is 4.74 Å². The van der Waals surface area contributed by atoms with Crippen LogP contribution in [0.4, 0.5) is 0 Å². The third kappa shape index (κ3) is 4.78. The molecule has 0 saturated heterocycles. The van der Waals surface area contributed by atoms with Gasteiger partial charge in [-0.1, -0.05) is 26.0 Å². The van der Waals surface area contributed by atoms with E-state index in [1.807, 2.05) is 14.0 Å². The van der Waals surface area contributed by atoms with E-state index in [0.717, 1.165) is 18.3 Å². The monoisotopic (exact) mass is 235 g/mol. The van der Waals surface area contributed by atoms with Crippen LogP contribution in [0.25, 0.3) is 0 Å². The van der Waals surface area contributed by atoms with Crippen molar-refractivity contribution < 1.29 is 4.74 Å². The average molecular weight is 235 g/mol. The second-order valence-electron chi connectivity index (χ2n) is 4.81. The Labute approximate surface area is 105 Å². The van der Waals surface area contributed by atoms with Gasteiger partial charge in [0.05, 0.1) is 6.61 Å². The van der Waals surface area contributed by atoms with Crippen LogP contribution in [-0.2, 0) is 0 Å². The first-order valence-electron chi connectivity index (χ1n) is 6.57. The van der Waals surface area contributed by atoms with Gasteiger partial charge in [-0.2, -0.15) is 0 Å². The lowest BCUT2D eigenvalue weighted by Crippen LogP contribution is -2.16. The Balaban J connectivity index is 2.61. The standard InChI is InChI=1S/C15H25NO/c1-5-17-14-9-7-13(8-10-14)15(16-4)11-6-12(2)3/h7-10,12,15-16H,5-6,11H2,1-4H3. The highest BCUT2D eigenvalue weighted by Gasteiger charge is 2.09. The van der Waals surface area contributed by atoms with E-state index in [9.17, 15) is 0 Å². The summed E-state index contributed by atoms with van der Waals surface area (Å²) in [5.74, 6) is 1.71. The molecule has 0 fully saturated rings. The quantitative estimate of drug-likeness (QED) is 0.776. The molecule has 0 aliphatic carbocycles. The van der Waals surface area contributed by atoms with E-state index in [-0.39, 0.29) is 0 Å². The lowest BCUT2D eigenvalue weighted by Gasteiger charge is -2.18. The minimum atomic E-state index is 0.452. The number of rotatable bonds is 7. The summed E-state index contributed by atoms with van der Waals surface area (Å²) in [6, 6.07) is 8.88. The average Bonchev–Trinajstić information content (AvgIpc) is 2.32. The molecule has 1 unspecified atom stereocenters. The topological polar surface area (TPSA) is 21.3 Å². The normalized spacial score (nSPS) is 12.8. The van der Waals surface area contributed by atoms with E-state index in [0.29, 0.717) is 6.04 Å². The molecule has 1 aromatic rings. The highest BCUT2D eigenvalue weighted by molar-refractivity contribution is 5.29. The van der Waals surface area contributed by atoms with Gasteiger partial charge in [0.2, 0.25) is 0 Å². The third-order valence-electron chi connectivity index (χ3n) is 2.97. The van der Waals surface area contributed by atoms with E-state index in [1.165, 1.54) is 18.4 Å². The van der Waals surface area contributed by atoms with Crippen molar-refractivity contribution in [1.82, 2.24) is 5.32 Å². The Morgan fingerprint density at radius 1 is 1.12 bits per heavy atom. The predicted octanol–water partition coefficient (Wildman–Crippen LogP) is 3.78. The molecule has 0 saturated carbocycles. The van der Waals surface area contributed by atoms with Crippen molar-refractivity contribution in [2.24, 2.45) is 5.92 Å². The number of ether oxygens (including phenoxy) is 1. The molecule has 2 nitrogen and oxygen atoms in total. The van der Waals surface area contributed by atoms with Gasteiger partial charge in [-0.15, -0.1) is 0 Å². The lowest BCUT2D eigenvalue weighted by molar-refractivity contribution is 0.340. The summed E-state index contributed by atoms with van der Waals surface area (Å²) in [4.78, 5) is 0. The number of hydrogen-bond acceptors (Lipinski definition) is 2. The van der Waals surface area contributed by atoms with Gasteiger partial charge in [-0.3, -0.25) is 0 Å². The highest BCUT2D eigenvalue weighted by Crippen LogP contribution is 2.22. The van der Waals surface area contributed by atoms with Gasteiger partial charge in [-0.25, -0.2) is 0 Å². The van der Waals surface area contributed by atoms with Gasteiger partial charge in [0.25, 0.3) is 0 Å². The fourth-order valence-electron chi connectivity index (χ4n) is 1.94. The van der Waals surface area contributed by atoms with Gasteiger partial charge in [0, 0.05) is 6.04 Å². The largest absolute Gasteiger partial charge is 0.494 e. The van der Waals surface area contributed by atoms with Crippen LogP contribution < -0.4 is 10.1 Å². The van der Waals surface area contributed by atoms with Crippen molar-refractivity contribution in [1.29, 1.82) is 0 Å². The minimum absolute atomic E-state index is 0.452. The van der Waals surface area contributed by atoms with Crippen molar-refractivity contribution in [3.05, 3.63) is 29.8 Å². The number of hydrogen-bond donors (Lipinski definition) is 1.